The summed E-state index contributed by atoms with van der Waals surface area (Å²) in [5, 5.41) is 0. The fourth-order valence-electron chi connectivity index (χ4n) is 3.01. The average Bonchev–Trinajstić information content (AvgIpc) is 2.87. The van der Waals surface area contributed by atoms with Crippen molar-refractivity contribution in [3.63, 3.8) is 0 Å². The molecular weight excluding hydrogens is 254 g/mol. The van der Waals surface area contributed by atoms with Crippen molar-refractivity contribution in [2.45, 2.75) is 43.9 Å². The highest BCUT2D eigenvalue weighted by molar-refractivity contribution is 5.30. The van der Waals surface area contributed by atoms with Crippen LogP contribution >= 0.6 is 0 Å². The average molecular weight is 277 g/mol. The number of hydrogen-bond acceptors (Lipinski definition) is 4. The molecule has 1 spiro atoms. The largest absolute Gasteiger partial charge is 0.490 e. The van der Waals surface area contributed by atoms with E-state index in [2.05, 4.69) is 0 Å². The van der Waals surface area contributed by atoms with Crippen molar-refractivity contribution in [3.8, 4) is 5.75 Å². The van der Waals surface area contributed by atoms with E-state index < -0.39 is 0 Å². The van der Waals surface area contributed by atoms with Crippen LogP contribution in [-0.2, 0) is 9.47 Å². The van der Waals surface area contributed by atoms with E-state index in [1.165, 1.54) is 0 Å². The van der Waals surface area contributed by atoms with Gasteiger partial charge in [-0.15, -0.1) is 0 Å². The van der Waals surface area contributed by atoms with E-state index in [-0.39, 0.29) is 17.7 Å². The van der Waals surface area contributed by atoms with Crippen molar-refractivity contribution >= 4 is 0 Å². The molecule has 2 heterocycles. The van der Waals surface area contributed by atoms with Crippen LogP contribution in [0.4, 0.5) is 0 Å². The maximum Gasteiger partial charge on any atom is 0.120 e. The summed E-state index contributed by atoms with van der Waals surface area (Å²) in [6.45, 7) is 4.24. The molecule has 2 unspecified atom stereocenters. The van der Waals surface area contributed by atoms with Crippen LogP contribution in [0, 0.1) is 0 Å². The van der Waals surface area contributed by atoms with Gasteiger partial charge < -0.3 is 19.9 Å². The molecule has 2 N–H and O–H groups in total. The van der Waals surface area contributed by atoms with Crippen LogP contribution in [0.1, 0.15) is 37.8 Å². The zero-order chi connectivity index (χ0) is 14.0. The normalized spacial score (nSPS) is 31.4. The smallest absolute Gasteiger partial charge is 0.120 e. The summed E-state index contributed by atoms with van der Waals surface area (Å²) in [5.41, 5.74) is 6.91. The van der Waals surface area contributed by atoms with E-state index in [1.807, 2.05) is 31.2 Å². The molecule has 110 valence electrons. The first-order valence-electron chi connectivity index (χ1n) is 7.41. The zero-order valence-corrected chi connectivity index (χ0v) is 12.0. The topological polar surface area (TPSA) is 53.7 Å². The van der Waals surface area contributed by atoms with E-state index in [1.54, 1.807) is 0 Å². The molecule has 4 nitrogen and oxygen atoms in total. The number of hydrogen-bond donors (Lipinski definition) is 1. The first-order chi connectivity index (χ1) is 9.67. The van der Waals surface area contributed by atoms with Gasteiger partial charge in [-0.25, -0.2) is 0 Å². The summed E-state index contributed by atoms with van der Waals surface area (Å²) in [7, 11) is 0. The fourth-order valence-corrected chi connectivity index (χ4v) is 3.01. The molecule has 0 aromatic heterocycles. The third-order valence-electron chi connectivity index (χ3n) is 4.20. The second-order valence-electron chi connectivity index (χ2n) is 5.93. The molecule has 1 aromatic rings. The standard InChI is InChI=1S/C16H23NO3/c1-12(17)13-3-2-4-14(9-13)20-15-5-7-19-16(10-15)6-8-18-11-16/h2-4,9,12,15H,5-8,10-11,17H2,1H3/t12-,15?,16?/m0/s1. The highest BCUT2D eigenvalue weighted by Gasteiger charge is 2.41. The molecule has 0 saturated carbocycles. The van der Waals surface area contributed by atoms with Gasteiger partial charge in [0.1, 0.15) is 11.9 Å². The Morgan fingerprint density at radius 1 is 1.40 bits per heavy atom. The molecule has 1 aromatic carbocycles. The monoisotopic (exact) mass is 277 g/mol. The Morgan fingerprint density at radius 3 is 3.05 bits per heavy atom. The Kier molecular flexibility index (Phi) is 3.96. The minimum Gasteiger partial charge on any atom is -0.490 e. The molecule has 3 atom stereocenters. The summed E-state index contributed by atoms with van der Waals surface area (Å²) in [6.07, 6.45) is 3.03. The van der Waals surface area contributed by atoms with Crippen LogP contribution in [0.25, 0.3) is 0 Å². The lowest BCUT2D eigenvalue weighted by molar-refractivity contribution is -0.112. The van der Waals surface area contributed by atoms with Gasteiger partial charge >= 0.3 is 0 Å². The Balaban J connectivity index is 1.66. The lowest BCUT2D eigenvalue weighted by Gasteiger charge is -2.37. The number of nitrogens with two attached hydrogens (primary N) is 1. The van der Waals surface area contributed by atoms with E-state index >= 15 is 0 Å². The van der Waals surface area contributed by atoms with Crippen molar-refractivity contribution < 1.29 is 14.2 Å². The molecular formula is C16H23NO3. The van der Waals surface area contributed by atoms with Crippen molar-refractivity contribution in [1.29, 1.82) is 0 Å². The van der Waals surface area contributed by atoms with Gasteiger partial charge in [0.15, 0.2) is 0 Å². The Hall–Kier alpha value is -1.10. The molecule has 2 fully saturated rings. The number of rotatable bonds is 3. The van der Waals surface area contributed by atoms with E-state index in [9.17, 15) is 0 Å². The molecule has 2 saturated heterocycles. The van der Waals surface area contributed by atoms with Gasteiger partial charge in [0, 0.05) is 31.9 Å². The molecule has 2 aliphatic heterocycles. The molecule has 0 radical (unpaired) electrons. The Morgan fingerprint density at radius 2 is 2.30 bits per heavy atom. The molecule has 3 rings (SSSR count). The number of ether oxygens (including phenoxy) is 3. The van der Waals surface area contributed by atoms with Gasteiger partial charge in [0.2, 0.25) is 0 Å². The third-order valence-corrected chi connectivity index (χ3v) is 4.20. The quantitative estimate of drug-likeness (QED) is 0.922. The molecule has 2 aliphatic rings. The van der Waals surface area contributed by atoms with Gasteiger partial charge in [0.05, 0.1) is 18.8 Å². The SMILES string of the molecule is C[C@H](N)c1cccc(OC2CCOC3(CCOC3)C2)c1. The van der Waals surface area contributed by atoms with E-state index in [0.717, 1.165) is 43.8 Å². The van der Waals surface area contributed by atoms with Crippen molar-refractivity contribution in [3.05, 3.63) is 29.8 Å². The minimum atomic E-state index is -0.109. The van der Waals surface area contributed by atoms with Gasteiger partial charge in [-0.1, -0.05) is 12.1 Å². The molecule has 4 heteroatoms. The van der Waals surface area contributed by atoms with E-state index in [0.29, 0.717) is 6.61 Å². The lowest BCUT2D eigenvalue weighted by atomic mass is 9.91. The van der Waals surface area contributed by atoms with Gasteiger partial charge in [0.25, 0.3) is 0 Å². The summed E-state index contributed by atoms with van der Waals surface area (Å²) in [4.78, 5) is 0. The van der Waals surface area contributed by atoms with Crippen molar-refractivity contribution in [1.82, 2.24) is 0 Å². The predicted octanol–water partition coefficient (Wildman–Crippen LogP) is 2.42. The van der Waals surface area contributed by atoms with Crippen LogP contribution in [-0.4, -0.2) is 31.5 Å². The summed E-state index contributed by atoms with van der Waals surface area (Å²) in [5.74, 6) is 0.903. The Bertz CT molecular complexity index is 455. The van der Waals surface area contributed by atoms with Crippen LogP contribution in [0.5, 0.6) is 5.75 Å². The first-order valence-corrected chi connectivity index (χ1v) is 7.41. The van der Waals surface area contributed by atoms with E-state index in [4.69, 9.17) is 19.9 Å². The molecule has 0 aliphatic carbocycles. The number of benzene rings is 1. The highest BCUT2D eigenvalue weighted by atomic mass is 16.6. The highest BCUT2D eigenvalue weighted by Crippen LogP contribution is 2.34. The summed E-state index contributed by atoms with van der Waals surface area (Å²) in [6, 6.07) is 8.11. The van der Waals surface area contributed by atoms with Crippen molar-refractivity contribution in [2.24, 2.45) is 5.73 Å². The minimum absolute atomic E-state index is 0.0304. The second-order valence-corrected chi connectivity index (χ2v) is 5.93. The predicted molar refractivity (Wildman–Crippen MR) is 76.8 cm³/mol. The lowest BCUT2D eigenvalue weighted by Crippen LogP contribution is -2.44. The van der Waals surface area contributed by atoms with Crippen LogP contribution < -0.4 is 10.5 Å². The van der Waals surface area contributed by atoms with Crippen LogP contribution in [0.3, 0.4) is 0 Å². The fraction of sp³-hybridized carbons (Fsp3) is 0.625. The maximum atomic E-state index is 6.14. The van der Waals surface area contributed by atoms with Gasteiger partial charge in [-0.05, 0) is 24.6 Å². The van der Waals surface area contributed by atoms with Crippen LogP contribution in [0.2, 0.25) is 0 Å². The third kappa shape index (κ3) is 2.97. The molecule has 0 bridgehead atoms. The van der Waals surface area contributed by atoms with Gasteiger partial charge in [-0.3, -0.25) is 0 Å². The molecule has 20 heavy (non-hydrogen) atoms. The van der Waals surface area contributed by atoms with Crippen LogP contribution in [0.15, 0.2) is 24.3 Å². The van der Waals surface area contributed by atoms with Crippen molar-refractivity contribution in [2.75, 3.05) is 19.8 Å². The first kappa shape index (κ1) is 13.9. The Labute approximate surface area is 120 Å². The zero-order valence-electron chi connectivity index (χ0n) is 12.0. The summed E-state index contributed by atoms with van der Waals surface area (Å²) >= 11 is 0. The van der Waals surface area contributed by atoms with Gasteiger partial charge in [-0.2, -0.15) is 0 Å². The maximum absolute atomic E-state index is 6.14. The summed E-state index contributed by atoms with van der Waals surface area (Å²) < 4.78 is 17.6. The molecule has 0 amide bonds. The second kappa shape index (κ2) is 5.72.